The normalized spacial score (nSPS) is 13.4. The highest BCUT2D eigenvalue weighted by molar-refractivity contribution is 6.03. The van der Waals surface area contributed by atoms with E-state index >= 15 is 0 Å². The zero-order valence-electron chi connectivity index (χ0n) is 12.0. The lowest BCUT2D eigenvalue weighted by Crippen LogP contribution is -2.15. The Morgan fingerprint density at radius 3 is 2.43 bits per heavy atom. The third-order valence-electron chi connectivity index (χ3n) is 3.34. The molecule has 1 heterocycles. The molecule has 1 aliphatic carbocycles. The maximum atomic E-state index is 12.0. The van der Waals surface area contributed by atoms with Crippen molar-refractivity contribution in [1.29, 1.82) is 0 Å². The molecule has 0 saturated heterocycles. The molecule has 1 saturated carbocycles. The third-order valence-corrected chi connectivity index (χ3v) is 3.34. The van der Waals surface area contributed by atoms with Crippen LogP contribution in [0, 0.1) is 5.92 Å². The fourth-order valence-electron chi connectivity index (χ4n) is 1.90. The van der Waals surface area contributed by atoms with Crippen LogP contribution in [-0.4, -0.2) is 22.7 Å². The van der Waals surface area contributed by atoms with Crippen molar-refractivity contribution in [3.8, 4) is 0 Å². The van der Waals surface area contributed by atoms with Crippen molar-refractivity contribution >= 4 is 29.4 Å². The summed E-state index contributed by atoms with van der Waals surface area (Å²) in [4.78, 5) is 38.5. The number of hydrogen-bond donors (Lipinski definition) is 3. The average molecular weight is 314 g/mol. The van der Waals surface area contributed by atoms with Gasteiger partial charge in [0.2, 0.25) is 11.8 Å². The van der Waals surface area contributed by atoms with Gasteiger partial charge in [0.1, 0.15) is 6.26 Å². The highest BCUT2D eigenvalue weighted by Crippen LogP contribution is 2.30. The molecule has 3 rings (SSSR count). The number of nitrogens with two attached hydrogens (primary N) is 1. The molecule has 0 bridgehead atoms. The van der Waals surface area contributed by atoms with Crippen LogP contribution in [0.25, 0.3) is 0 Å². The van der Waals surface area contributed by atoms with Gasteiger partial charge in [0.25, 0.3) is 5.91 Å². The second-order valence-electron chi connectivity index (χ2n) is 5.20. The van der Waals surface area contributed by atoms with Gasteiger partial charge in [-0.15, -0.1) is 0 Å². The summed E-state index contributed by atoms with van der Waals surface area (Å²) in [5.74, 6) is -1.17. The monoisotopic (exact) mass is 314 g/mol. The number of anilines is 2. The van der Waals surface area contributed by atoms with Crippen molar-refractivity contribution in [3.05, 3.63) is 41.8 Å². The summed E-state index contributed by atoms with van der Waals surface area (Å²) in [6, 6.07) is 6.10. The van der Waals surface area contributed by atoms with Crippen molar-refractivity contribution in [2.24, 2.45) is 11.7 Å². The van der Waals surface area contributed by atoms with E-state index in [-0.39, 0.29) is 23.5 Å². The third kappa shape index (κ3) is 3.54. The Hall–Kier alpha value is -3.16. The molecule has 1 fully saturated rings. The van der Waals surface area contributed by atoms with E-state index in [1.807, 2.05) is 0 Å². The number of nitrogens with zero attached hydrogens (tertiary/aromatic N) is 1. The molecule has 1 aliphatic rings. The summed E-state index contributed by atoms with van der Waals surface area (Å²) < 4.78 is 5.06. The van der Waals surface area contributed by atoms with E-state index in [0.717, 1.165) is 19.1 Å². The lowest BCUT2D eigenvalue weighted by molar-refractivity contribution is -0.117. The highest BCUT2D eigenvalue weighted by Gasteiger charge is 2.30. The fourth-order valence-corrected chi connectivity index (χ4v) is 1.90. The second-order valence-corrected chi connectivity index (χ2v) is 5.20. The molecule has 2 aromatic rings. The van der Waals surface area contributed by atoms with Crippen LogP contribution < -0.4 is 16.4 Å². The van der Waals surface area contributed by atoms with E-state index in [1.54, 1.807) is 12.1 Å². The molecule has 8 heteroatoms. The Morgan fingerprint density at radius 1 is 1.13 bits per heavy atom. The second kappa shape index (κ2) is 5.91. The number of carbonyl (C=O) groups excluding carboxylic acids is 3. The zero-order valence-corrected chi connectivity index (χ0v) is 12.0. The maximum absolute atomic E-state index is 12.0. The van der Waals surface area contributed by atoms with Gasteiger partial charge in [0.15, 0.2) is 5.69 Å². The summed E-state index contributed by atoms with van der Waals surface area (Å²) >= 11 is 0. The molecule has 23 heavy (non-hydrogen) atoms. The van der Waals surface area contributed by atoms with E-state index < -0.39 is 11.8 Å². The lowest BCUT2D eigenvalue weighted by atomic mass is 10.2. The van der Waals surface area contributed by atoms with Crippen molar-refractivity contribution in [1.82, 2.24) is 4.98 Å². The lowest BCUT2D eigenvalue weighted by Gasteiger charge is -2.03. The van der Waals surface area contributed by atoms with Gasteiger partial charge in [-0.25, -0.2) is 0 Å². The van der Waals surface area contributed by atoms with Gasteiger partial charge in [-0.2, -0.15) is 4.98 Å². The van der Waals surface area contributed by atoms with Gasteiger partial charge in [0, 0.05) is 17.2 Å². The molecule has 8 nitrogen and oxygen atoms in total. The maximum Gasteiger partial charge on any atom is 0.302 e. The number of primary amides is 1. The number of amides is 3. The first kappa shape index (κ1) is 14.8. The van der Waals surface area contributed by atoms with Crippen LogP contribution in [0.5, 0.6) is 0 Å². The Bertz CT molecular complexity index is 762. The van der Waals surface area contributed by atoms with E-state index in [0.29, 0.717) is 11.3 Å². The van der Waals surface area contributed by atoms with Gasteiger partial charge in [0.05, 0.1) is 0 Å². The minimum absolute atomic E-state index is 0.00359. The Morgan fingerprint density at radius 2 is 1.83 bits per heavy atom. The molecule has 0 unspecified atom stereocenters. The number of oxazole rings is 1. The Balaban J connectivity index is 1.62. The van der Waals surface area contributed by atoms with Crippen LogP contribution in [0.15, 0.2) is 34.9 Å². The molecule has 0 radical (unpaired) electrons. The van der Waals surface area contributed by atoms with Crippen LogP contribution >= 0.6 is 0 Å². The molecule has 1 aromatic carbocycles. The van der Waals surface area contributed by atoms with Crippen molar-refractivity contribution in [3.63, 3.8) is 0 Å². The number of rotatable bonds is 5. The number of carbonyl (C=O) groups is 3. The molecular weight excluding hydrogens is 300 g/mol. The van der Waals surface area contributed by atoms with E-state index in [4.69, 9.17) is 10.2 Å². The van der Waals surface area contributed by atoms with Gasteiger partial charge in [-0.3, -0.25) is 19.7 Å². The summed E-state index contributed by atoms with van der Waals surface area (Å²) in [6.45, 7) is 0. The smallest absolute Gasteiger partial charge is 0.302 e. The van der Waals surface area contributed by atoms with Crippen molar-refractivity contribution < 1.29 is 18.8 Å². The summed E-state index contributed by atoms with van der Waals surface area (Å²) in [5.41, 5.74) is 6.00. The molecule has 3 amide bonds. The SMILES string of the molecule is NC(=O)c1ccc(NC(=O)c2coc(NC(=O)C3CC3)n2)cc1. The summed E-state index contributed by atoms with van der Waals surface area (Å²) in [5, 5.41) is 5.11. The van der Waals surface area contributed by atoms with Gasteiger partial charge in [-0.1, -0.05) is 0 Å². The van der Waals surface area contributed by atoms with Crippen molar-refractivity contribution in [2.45, 2.75) is 12.8 Å². The van der Waals surface area contributed by atoms with E-state index in [2.05, 4.69) is 15.6 Å². The van der Waals surface area contributed by atoms with Crippen LogP contribution in [0.3, 0.4) is 0 Å². The van der Waals surface area contributed by atoms with Crippen molar-refractivity contribution in [2.75, 3.05) is 10.6 Å². The quantitative estimate of drug-likeness (QED) is 0.768. The topological polar surface area (TPSA) is 127 Å². The molecule has 0 aliphatic heterocycles. The first-order valence-electron chi connectivity index (χ1n) is 7.00. The molecular formula is C15H14N4O4. The first-order chi connectivity index (χ1) is 11.0. The van der Waals surface area contributed by atoms with Crippen LogP contribution in [0.4, 0.5) is 11.7 Å². The van der Waals surface area contributed by atoms with E-state index in [1.165, 1.54) is 12.1 Å². The van der Waals surface area contributed by atoms with Crippen LogP contribution in [-0.2, 0) is 4.79 Å². The van der Waals surface area contributed by atoms with Gasteiger partial charge < -0.3 is 15.5 Å². The van der Waals surface area contributed by atoms with Crippen LogP contribution in [0.2, 0.25) is 0 Å². The summed E-state index contributed by atoms with van der Waals surface area (Å²) in [6.07, 6.45) is 2.89. The van der Waals surface area contributed by atoms with Gasteiger partial charge >= 0.3 is 6.01 Å². The average Bonchev–Trinajstić information content (AvgIpc) is 3.28. The molecule has 1 aromatic heterocycles. The number of aromatic nitrogens is 1. The Labute approximate surface area is 131 Å². The minimum Gasteiger partial charge on any atom is -0.431 e. The van der Waals surface area contributed by atoms with E-state index in [9.17, 15) is 14.4 Å². The highest BCUT2D eigenvalue weighted by atomic mass is 16.4. The molecule has 0 spiro atoms. The standard InChI is InChI=1S/C15H14N4O4/c16-12(20)8-3-5-10(6-4-8)17-14(22)11-7-23-15(18-11)19-13(21)9-1-2-9/h3-7,9H,1-2H2,(H2,16,20)(H,17,22)(H,18,19,21). The predicted octanol–water partition coefficient (Wildman–Crippen LogP) is 1.37. The van der Waals surface area contributed by atoms with Crippen LogP contribution in [0.1, 0.15) is 33.7 Å². The zero-order chi connectivity index (χ0) is 16.4. The fraction of sp³-hybridized carbons (Fsp3) is 0.200. The first-order valence-corrected chi connectivity index (χ1v) is 7.00. The number of nitrogens with one attached hydrogen (secondary N) is 2. The predicted molar refractivity (Wildman–Crippen MR) is 80.8 cm³/mol. The Kier molecular flexibility index (Phi) is 3.80. The largest absolute Gasteiger partial charge is 0.431 e. The summed E-state index contributed by atoms with van der Waals surface area (Å²) in [7, 11) is 0. The molecule has 0 atom stereocenters. The van der Waals surface area contributed by atoms with Gasteiger partial charge in [-0.05, 0) is 37.1 Å². The minimum atomic E-state index is -0.546. The number of benzene rings is 1. The molecule has 4 N–H and O–H groups in total. The molecule has 118 valence electrons. The number of hydrogen-bond acceptors (Lipinski definition) is 5.